The largest absolute Gasteiger partial charge is 0.310 e. The number of rotatable bonds is 5. The highest BCUT2D eigenvalue weighted by atomic mass is 32.2. The van der Waals surface area contributed by atoms with Crippen LogP contribution >= 0.6 is 0 Å². The van der Waals surface area contributed by atoms with Crippen molar-refractivity contribution < 1.29 is 8.42 Å². The van der Waals surface area contributed by atoms with Gasteiger partial charge in [0, 0.05) is 36.9 Å². The lowest BCUT2D eigenvalue weighted by molar-refractivity contribution is 0.289. The Bertz CT molecular complexity index is 525. The van der Waals surface area contributed by atoms with Crippen LogP contribution in [0.3, 0.4) is 0 Å². The number of aromatic amines is 1. The maximum atomic E-state index is 11.8. The van der Waals surface area contributed by atoms with Gasteiger partial charge in [-0.25, -0.2) is 12.7 Å². The molecule has 114 valence electrons. The third-order valence-corrected chi connectivity index (χ3v) is 5.94. The third kappa shape index (κ3) is 3.39. The number of nitrogens with zero attached hydrogens (tertiary/aromatic N) is 2. The van der Waals surface area contributed by atoms with Gasteiger partial charge in [-0.05, 0) is 33.6 Å². The molecule has 0 unspecified atom stereocenters. The zero-order chi connectivity index (χ0) is 14.8. The smallest absolute Gasteiger partial charge is 0.213 e. The summed E-state index contributed by atoms with van der Waals surface area (Å²) in [5.41, 5.74) is 3.34. The van der Waals surface area contributed by atoms with Gasteiger partial charge >= 0.3 is 0 Å². The van der Waals surface area contributed by atoms with Gasteiger partial charge in [-0.3, -0.25) is 5.10 Å². The topological polar surface area (TPSA) is 78.1 Å². The summed E-state index contributed by atoms with van der Waals surface area (Å²) < 4.78 is 25.2. The van der Waals surface area contributed by atoms with Crippen molar-refractivity contribution in [1.82, 2.24) is 19.8 Å². The zero-order valence-corrected chi connectivity index (χ0v) is 13.3. The average Bonchev–Trinajstić information content (AvgIpc) is 2.76. The summed E-state index contributed by atoms with van der Waals surface area (Å²) >= 11 is 0. The van der Waals surface area contributed by atoms with E-state index in [-0.39, 0.29) is 5.75 Å². The van der Waals surface area contributed by atoms with Crippen LogP contribution in [0.4, 0.5) is 0 Å². The van der Waals surface area contributed by atoms with Gasteiger partial charge in [0.15, 0.2) is 0 Å². The van der Waals surface area contributed by atoms with Gasteiger partial charge in [0.05, 0.1) is 11.4 Å². The van der Waals surface area contributed by atoms with Crippen LogP contribution < -0.4 is 5.32 Å². The molecule has 1 aromatic rings. The van der Waals surface area contributed by atoms with E-state index >= 15 is 0 Å². The second-order valence-corrected chi connectivity index (χ2v) is 7.62. The van der Waals surface area contributed by atoms with Crippen LogP contribution in [-0.4, -0.2) is 47.8 Å². The monoisotopic (exact) mass is 300 g/mol. The lowest BCUT2D eigenvalue weighted by atomic mass is 10.1. The summed E-state index contributed by atoms with van der Waals surface area (Å²) in [6.07, 6.45) is 1.74. The molecule has 0 spiro atoms. The van der Waals surface area contributed by atoms with Crippen molar-refractivity contribution in [2.75, 3.05) is 18.8 Å². The summed E-state index contributed by atoms with van der Waals surface area (Å²) in [5.74, 6) is 0.193. The van der Waals surface area contributed by atoms with Gasteiger partial charge in [0.25, 0.3) is 0 Å². The van der Waals surface area contributed by atoms with Crippen molar-refractivity contribution in [1.29, 1.82) is 0 Å². The highest BCUT2D eigenvalue weighted by Gasteiger charge is 2.26. The minimum absolute atomic E-state index is 0.193. The molecule has 0 radical (unpaired) electrons. The summed E-state index contributed by atoms with van der Waals surface area (Å²) in [5, 5.41) is 10.7. The summed E-state index contributed by atoms with van der Waals surface area (Å²) in [7, 11) is -3.03. The molecule has 1 saturated heterocycles. The molecule has 1 aliphatic heterocycles. The molecule has 0 atom stereocenters. The molecule has 0 bridgehead atoms. The average molecular weight is 300 g/mol. The molecule has 20 heavy (non-hydrogen) atoms. The van der Waals surface area contributed by atoms with E-state index < -0.39 is 10.0 Å². The predicted octanol–water partition coefficient (Wildman–Crippen LogP) is 0.930. The van der Waals surface area contributed by atoms with Crippen molar-refractivity contribution in [3.05, 3.63) is 17.0 Å². The fourth-order valence-electron chi connectivity index (χ4n) is 2.60. The number of hydrogen-bond donors (Lipinski definition) is 2. The molecular formula is C13H24N4O2S. The van der Waals surface area contributed by atoms with Crippen LogP contribution in [0.25, 0.3) is 0 Å². The number of hydrogen-bond acceptors (Lipinski definition) is 4. The molecule has 7 heteroatoms. The maximum Gasteiger partial charge on any atom is 0.213 e. The Morgan fingerprint density at radius 3 is 2.50 bits per heavy atom. The summed E-state index contributed by atoms with van der Waals surface area (Å²) in [6, 6.07) is 0.381. The first-order chi connectivity index (χ1) is 9.44. The third-order valence-electron chi connectivity index (χ3n) is 4.06. The van der Waals surface area contributed by atoms with Crippen molar-refractivity contribution in [3.63, 3.8) is 0 Å². The number of piperidine rings is 1. The molecule has 2 N–H and O–H groups in total. The van der Waals surface area contributed by atoms with Crippen molar-refractivity contribution >= 4 is 10.0 Å². The molecule has 0 amide bonds. The van der Waals surface area contributed by atoms with E-state index in [2.05, 4.69) is 15.5 Å². The molecule has 0 aromatic carbocycles. The van der Waals surface area contributed by atoms with Crippen LogP contribution in [-0.2, 0) is 16.6 Å². The molecule has 2 heterocycles. The van der Waals surface area contributed by atoms with Gasteiger partial charge in [0.2, 0.25) is 10.0 Å². The summed E-state index contributed by atoms with van der Waals surface area (Å²) in [4.78, 5) is 0. The molecule has 0 saturated carbocycles. The van der Waals surface area contributed by atoms with Crippen molar-refractivity contribution in [2.45, 2.75) is 46.2 Å². The van der Waals surface area contributed by atoms with Gasteiger partial charge in [-0.15, -0.1) is 0 Å². The lowest BCUT2D eigenvalue weighted by Crippen LogP contribution is -2.45. The van der Waals surface area contributed by atoms with E-state index in [0.717, 1.165) is 30.8 Å². The number of sulfonamides is 1. The van der Waals surface area contributed by atoms with Crippen LogP contribution in [0.5, 0.6) is 0 Å². The zero-order valence-electron chi connectivity index (χ0n) is 12.4. The first kappa shape index (κ1) is 15.5. The highest BCUT2D eigenvalue weighted by Crippen LogP contribution is 2.16. The fourth-order valence-corrected chi connectivity index (χ4v) is 3.73. The van der Waals surface area contributed by atoms with Crippen molar-refractivity contribution in [2.24, 2.45) is 0 Å². The first-order valence-corrected chi connectivity index (χ1v) is 8.76. The first-order valence-electron chi connectivity index (χ1n) is 7.15. The Labute approximate surface area is 121 Å². The molecule has 6 nitrogen and oxygen atoms in total. The Morgan fingerprint density at radius 2 is 2.00 bits per heavy atom. The summed E-state index contributed by atoms with van der Waals surface area (Å²) in [6.45, 7) is 7.75. The van der Waals surface area contributed by atoms with E-state index in [1.807, 2.05) is 13.8 Å². The van der Waals surface area contributed by atoms with Crippen molar-refractivity contribution in [3.8, 4) is 0 Å². The van der Waals surface area contributed by atoms with Gasteiger partial charge in [-0.2, -0.15) is 5.10 Å². The maximum absolute atomic E-state index is 11.8. The van der Waals surface area contributed by atoms with Crippen LogP contribution in [0.1, 0.15) is 36.7 Å². The standard InChI is InChI=1S/C13H24N4O2S/c1-4-20(18,19)17-7-5-12(6-8-17)14-9-13-10(2)15-16-11(13)3/h12,14H,4-9H2,1-3H3,(H,15,16). The SMILES string of the molecule is CCS(=O)(=O)N1CCC(NCc2c(C)n[nH]c2C)CC1. The number of aryl methyl sites for hydroxylation is 2. The highest BCUT2D eigenvalue weighted by molar-refractivity contribution is 7.89. The van der Waals surface area contributed by atoms with Gasteiger partial charge < -0.3 is 5.32 Å². The minimum Gasteiger partial charge on any atom is -0.310 e. The van der Waals surface area contributed by atoms with Gasteiger partial charge in [-0.1, -0.05) is 0 Å². The molecule has 2 rings (SSSR count). The normalized spacial score (nSPS) is 18.6. The van der Waals surface area contributed by atoms with E-state index in [1.165, 1.54) is 5.56 Å². The predicted molar refractivity (Wildman–Crippen MR) is 79.0 cm³/mol. The molecule has 1 aromatic heterocycles. The second kappa shape index (κ2) is 6.24. The van der Waals surface area contributed by atoms with E-state index in [0.29, 0.717) is 19.1 Å². The van der Waals surface area contributed by atoms with Crippen LogP contribution in [0.15, 0.2) is 0 Å². The van der Waals surface area contributed by atoms with Crippen LogP contribution in [0, 0.1) is 13.8 Å². The quantitative estimate of drug-likeness (QED) is 0.848. The number of H-pyrrole nitrogens is 1. The Morgan fingerprint density at radius 1 is 1.35 bits per heavy atom. The Kier molecular flexibility index (Phi) is 4.82. The molecule has 1 aliphatic rings. The Hall–Kier alpha value is -0.920. The van der Waals surface area contributed by atoms with E-state index in [9.17, 15) is 8.42 Å². The fraction of sp³-hybridized carbons (Fsp3) is 0.769. The number of aromatic nitrogens is 2. The molecule has 0 aliphatic carbocycles. The van der Waals surface area contributed by atoms with Crippen LogP contribution in [0.2, 0.25) is 0 Å². The number of nitrogens with one attached hydrogen (secondary N) is 2. The molecular weight excluding hydrogens is 276 g/mol. The van der Waals surface area contributed by atoms with E-state index in [4.69, 9.17) is 0 Å². The lowest BCUT2D eigenvalue weighted by Gasteiger charge is -2.31. The second-order valence-electron chi connectivity index (χ2n) is 5.37. The van der Waals surface area contributed by atoms with E-state index in [1.54, 1.807) is 11.2 Å². The minimum atomic E-state index is -3.03. The van der Waals surface area contributed by atoms with Gasteiger partial charge in [0.1, 0.15) is 0 Å². The Balaban J connectivity index is 1.84. The molecule has 1 fully saturated rings.